The molecule has 0 radical (unpaired) electrons. The lowest BCUT2D eigenvalue weighted by molar-refractivity contribution is -0.130. The van der Waals surface area contributed by atoms with Crippen LogP contribution < -0.4 is 5.32 Å². The summed E-state index contributed by atoms with van der Waals surface area (Å²) in [5, 5.41) is 3.17. The van der Waals surface area contributed by atoms with Crippen LogP contribution in [0.25, 0.3) is 0 Å². The van der Waals surface area contributed by atoms with Gasteiger partial charge in [-0.1, -0.05) is 20.3 Å². The van der Waals surface area contributed by atoms with Crippen LogP contribution in [0, 0.1) is 5.92 Å². The van der Waals surface area contributed by atoms with Gasteiger partial charge in [0.2, 0.25) is 5.91 Å². The van der Waals surface area contributed by atoms with Crippen molar-refractivity contribution in [1.29, 1.82) is 0 Å². The Morgan fingerprint density at radius 2 is 2.21 bits per heavy atom. The summed E-state index contributed by atoms with van der Waals surface area (Å²) in [7, 11) is 0. The molecule has 3 atom stereocenters. The van der Waals surface area contributed by atoms with Gasteiger partial charge >= 0.3 is 0 Å². The van der Waals surface area contributed by atoms with E-state index >= 15 is 0 Å². The Hall–Kier alpha value is -0.570. The smallest absolute Gasteiger partial charge is 0.240 e. The molecule has 3 heteroatoms. The van der Waals surface area contributed by atoms with Crippen LogP contribution in [-0.4, -0.2) is 29.6 Å². The standard InChI is InChI=1S/C11H22N2O/c1-5-8(2)6-9(3)13-7-12-10(4)11(13)14/h8-10,12H,5-7H2,1-4H3. The van der Waals surface area contributed by atoms with Gasteiger partial charge in [0.15, 0.2) is 0 Å². The van der Waals surface area contributed by atoms with Crippen LogP contribution in [0.2, 0.25) is 0 Å². The van der Waals surface area contributed by atoms with Gasteiger partial charge in [-0.15, -0.1) is 0 Å². The highest BCUT2D eigenvalue weighted by molar-refractivity contribution is 5.83. The van der Waals surface area contributed by atoms with E-state index in [-0.39, 0.29) is 11.9 Å². The number of hydrogen-bond donors (Lipinski definition) is 1. The molecule has 1 saturated heterocycles. The monoisotopic (exact) mass is 198 g/mol. The maximum Gasteiger partial charge on any atom is 0.240 e. The molecular weight excluding hydrogens is 176 g/mol. The molecule has 0 aromatic rings. The Kier molecular flexibility index (Phi) is 3.93. The molecule has 1 heterocycles. The zero-order chi connectivity index (χ0) is 10.7. The molecule has 1 aliphatic rings. The van der Waals surface area contributed by atoms with Crippen LogP contribution >= 0.6 is 0 Å². The van der Waals surface area contributed by atoms with Crippen molar-refractivity contribution in [1.82, 2.24) is 10.2 Å². The first-order valence-electron chi connectivity index (χ1n) is 5.60. The van der Waals surface area contributed by atoms with Gasteiger partial charge in [-0.2, -0.15) is 0 Å². The fourth-order valence-corrected chi connectivity index (χ4v) is 1.90. The quantitative estimate of drug-likeness (QED) is 0.744. The summed E-state index contributed by atoms with van der Waals surface area (Å²) in [5.74, 6) is 0.953. The topological polar surface area (TPSA) is 32.3 Å². The molecule has 1 amide bonds. The fraction of sp³-hybridized carbons (Fsp3) is 0.909. The molecule has 3 nitrogen and oxygen atoms in total. The third-order valence-corrected chi connectivity index (χ3v) is 3.19. The van der Waals surface area contributed by atoms with Crippen molar-refractivity contribution in [2.24, 2.45) is 5.92 Å². The third-order valence-electron chi connectivity index (χ3n) is 3.19. The van der Waals surface area contributed by atoms with Crippen LogP contribution in [-0.2, 0) is 4.79 Å². The lowest BCUT2D eigenvalue weighted by Gasteiger charge is -2.25. The number of nitrogens with one attached hydrogen (secondary N) is 1. The Bertz CT molecular complexity index is 205. The van der Waals surface area contributed by atoms with Gasteiger partial charge in [-0.25, -0.2) is 0 Å². The van der Waals surface area contributed by atoms with E-state index in [9.17, 15) is 4.79 Å². The molecule has 0 aromatic heterocycles. The minimum absolute atomic E-state index is 0.00869. The average molecular weight is 198 g/mol. The first-order chi connectivity index (χ1) is 6.56. The van der Waals surface area contributed by atoms with Gasteiger partial charge in [0.1, 0.15) is 0 Å². The number of amides is 1. The van der Waals surface area contributed by atoms with Crippen LogP contribution in [0.15, 0.2) is 0 Å². The Balaban J connectivity index is 2.45. The summed E-state index contributed by atoms with van der Waals surface area (Å²) < 4.78 is 0. The molecule has 0 spiro atoms. The first kappa shape index (κ1) is 11.5. The van der Waals surface area contributed by atoms with Gasteiger partial charge < -0.3 is 4.90 Å². The fourth-order valence-electron chi connectivity index (χ4n) is 1.90. The van der Waals surface area contributed by atoms with Crippen molar-refractivity contribution in [3.05, 3.63) is 0 Å². The summed E-state index contributed by atoms with van der Waals surface area (Å²) >= 11 is 0. The number of nitrogens with zero attached hydrogens (tertiary/aromatic N) is 1. The van der Waals surface area contributed by atoms with Crippen molar-refractivity contribution >= 4 is 5.91 Å². The molecule has 1 rings (SSSR count). The number of rotatable bonds is 4. The maximum atomic E-state index is 11.7. The second-order valence-electron chi connectivity index (χ2n) is 4.49. The molecule has 1 fully saturated rings. The molecule has 14 heavy (non-hydrogen) atoms. The van der Waals surface area contributed by atoms with E-state index in [1.54, 1.807) is 0 Å². The number of hydrogen-bond acceptors (Lipinski definition) is 2. The van der Waals surface area contributed by atoms with Crippen LogP contribution in [0.5, 0.6) is 0 Å². The minimum Gasteiger partial charge on any atom is -0.326 e. The van der Waals surface area contributed by atoms with Gasteiger partial charge in [-0.3, -0.25) is 10.1 Å². The second-order valence-corrected chi connectivity index (χ2v) is 4.49. The van der Waals surface area contributed by atoms with Gasteiger partial charge in [0.25, 0.3) is 0 Å². The summed E-state index contributed by atoms with van der Waals surface area (Å²) in [4.78, 5) is 13.6. The zero-order valence-corrected chi connectivity index (χ0v) is 9.71. The second kappa shape index (κ2) is 4.78. The van der Waals surface area contributed by atoms with Gasteiger partial charge in [0, 0.05) is 6.04 Å². The summed E-state index contributed by atoms with van der Waals surface area (Å²) in [6.45, 7) is 9.23. The molecule has 3 unspecified atom stereocenters. The van der Waals surface area contributed by atoms with Crippen molar-refractivity contribution < 1.29 is 4.79 Å². The van der Waals surface area contributed by atoms with Crippen LogP contribution in [0.1, 0.15) is 40.5 Å². The van der Waals surface area contributed by atoms with E-state index in [4.69, 9.17) is 0 Å². The largest absolute Gasteiger partial charge is 0.326 e. The van der Waals surface area contributed by atoms with Crippen molar-refractivity contribution in [2.45, 2.75) is 52.6 Å². The molecule has 82 valence electrons. The SMILES string of the molecule is CCC(C)CC(C)N1CNC(C)C1=O. The van der Waals surface area contributed by atoms with E-state index in [2.05, 4.69) is 26.1 Å². The Morgan fingerprint density at radius 1 is 1.57 bits per heavy atom. The highest BCUT2D eigenvalue weighted by Crippen LogP contribution is 2.17. The molecule has 1 aliphatic heterocycles. The molecule has 0 saturated carbocycles. The van der Waals surface area contributed by atoms with Crippen molar-refractivity contribution in [2.75, 3.05) is 6.67 Å². The average Bonchev–Trinajstić information content (AvgIpc) is 2.47. The lowest BCUT2D eigenvalue weighted by atomic mass is 9.99. The van der Waals surface area contributed by atoms with E-state index in [1.807, 2.05) is 11.8 Å². The Morgan fingerprint density at radius 3 is 2.64 bits per heavy atom. The highest BCUT2D eigenvalue weighted by atomic mass is 16.2. The summed E-state index contributed by atoms with van der Waals surface area (Å²) in [6.07, 6.45) is 2.30. The number of carbonyl (C=O) groups excluding carboxylic acids is 1. The van der Waals surface area contributed by atoms with Crippen LogP contribution in [0.3, 0.4) is 0 Å². The zero-order valence-electron chi connectivity index (χ0n) is 9.71. The van der Waals surface area contributed by atoms with Crippen molar-refractivity contribution in [3.63, 3.8) is 0 Å². The van der Waals surface area contributed by atoms with E-state index < -0.39 is 0 Å². The maximum absolute atomic E-state index is 11.7. The molecule has 0 aliphatic carbocycles. The molecule has 0 bridgehead atoms. The Labute approximate surface area is 86.9 Å². The molecule has 0 aromatic carbocycles. The number of carbonyl (C=O) groups is 1. The first-order valence-corrected chi connectivity index (χ1v) is 5.60. The summed E-state index contributed by atoms with van der Waals surface area (Å²) in [5.41, 5.74) is 0. The van der Waals surface area contributed by atoms with Crippen LogP contribution in [0.4, 0.5) is 0 Å². The summed E-state index contributed by atoms with van der Waals surface area (Å²) in [6, 6.07) is 0.379. The van der Waals surface area contributed by atoms with E-state index in [0.29, 0.717) is 12.0 Å². The highest BCUT2D eigenvalue weighted by Gasteiger charge is 2.30. The van der Waals surface area contributed by atoms with Gasteiger partial charge in [-0.05, 0) is 26.2 Å². The predicted molar refractivity (Wildman–Crippen MR) is 57.8 cm³/mol. The van der Waals surface area contributed by atoms with E-state index in [1.165, 1.54) is 6.42 Å². The molecule has 1 N–H and O–H groups in total. The third kappa shape index (κ3) is 2.47. The normalized spacial score (nSPS) is 26.7. The lowest BCUT2D eigenvalue weighted by Crippen LogP contribution is -2.37. The minimum atomic E-state index is 0.00869. The van der Waals surface area contributed by atoms with Gasteiger partial charge in [0.05, 0.1) is 12.7 Å². The van der Waals surface area contributed by atoms with E-state index in [0.717, 1.165) is 13.1 Å². The molecular formula is C11H22N2O. The predicted octanol–water partition coefficient (Wildman–Crippen LogP) is 1.59. The van der Waals surface area contributed by atoms with Crippen molar-refractivity contribution in [3.8, 4) is 0 Å².